The molecule has 0 saturated heterocycles. The van der Waals surface area contributed by atoms with E-state index in [1.165, 1.54) is 12.1 Å². The zero-order valence-electron chi connectivity index (χ0n) is 12.4. The molecular weight excluding hydrogens is 337 g/mol. The van der Waals surface area contributed by atoms with Crippen molar-refractivity contribution in [2.45, 2.75) is 0 Å². The molecule has 24 heavy (non-hydrogen) atoms. The summed E-state index contributed by atoms with van der Waals surface area (Å²) in [5.41, 5.74) is 0.961. The first kappa shape index (κ1) is 15.9. The van der Waals surface area contributed by atoms with Crippen molar-refractivity contribution in [1.29, 1.82) is 0 Å². The van der Waals surface area contributed by atoms with Crippen molar-refractivity contribution in [2.75, 3.05) is 12.4 Å². The second-order valence-corrected chi connectivity index (χ2v) is 5.13. The summed E-state index contributed by atoms with van der Waals surface area (Å²) >= 11 is 5.66. The fraction of sp³-hybridized carbons (Fsp3) is 0.0625. The molecule has 3 rings (SSSR count). The fourth-order valence-electron chi connectivity index (χ4n) is 1.92. The monoisotopic (exact) mass is 347 g/mol. The molecule has 3 aromatic rings. The summed E-state index contributed by atoms with van der Waals surface area (Å²) in [7, 11) is 1.56. The van der Waals surface area contributed by atoms with Crippen LogP contribution < -0.4 is 10.1 Å². The average molecular weight is 348 g/mol. The van der Waals surface area contributed by atoms with Crippen LogP contribution in [0.25, 0.3) is 11.5 Å². The van der Waals surface area contributed by atoms with E-state index < -0.39 is 11.7 Å². The Morgan fingerprint density at radius 3 is 2.62 bits per heavy atom. The number of hydrogen-bond donors (Lipinski definition) is 1. The van der Waals surface area contributed by atoms with Gasteiger partial charge in [-0.2, -0.15) is 0 Å². The highest BCUT2D eigenvalue weighted by Gasteiger charge is 2.16. The van der Waals surface area contributed by atoms with E-state index in [-0.39, 0.29) is 16.8 Å². The van der Waals surface area contributed by atoms with Crippen LogP contribution in [-0.4, -0.2) is 23.2 Å². The van der Waals surface area contributed by atoms with Crippen molar-refractivity contribution in [1.82, 2.24) is 10.2 Å². The number of nitrogens with one attached hydrogen (secondary N) is 1. The third-order valence-electron chi connectivity index (χ3n) is 3.13. The number of benzene rings is 2. The number of nitrogens with zero attached hydrogens (tertiary/aromatic N) is 2. The standard InChI is InChI=1S/C16H11ClFN3O3/c1-23-11-5-2-9(3-6-11)15-20-21-16(24-15)14(22)19-10-4-7-13(18)12(17)8-10/h2-8H,1H3,(H,19,22). The number of carbonyl (C=O) groups is 1. The highest BCUT2D eigenvalue weighted by Crippen LogP contribution is 2.22. The molecule has 0 spiro atoms. The molecule has 0 atom stereocenters. The molecule has 1 heterocycles. The van der Waals surface area contributed by atoms with Gasteiger partial charge in [-0.25, -0.2) is 4.39 Å². The second-order valence-electron chi connectivity index (χ2n) is 4.72. The van der Waals surface area contributed by atoms with Gasteiger partial charge >= 0.3 is 11.8 Å². The van der Waals surface area contributed by atoms with E-state index in [4.69, 9.17) is 20.8 Å². The van der Waals surface area contributed by atoms with Gasteiger partial charge in [0.15, 0.2) is 0 Å². The van der Waals surface area contributed by atoms with Crippen LogP contribution in [0, 0.1) is 5.82 Å². The summed E-state index contributed by atoms with van der Waals surface area (Å²) in [5.74, 6) is -0.537. The number of hydrogen-bond acceptors (Lipinski definition) is 5. The number of aromatic nitrogens is 2. The largest absolute Gasteiger partial charge is 0.497 e. The molecule has 0 aliphatic heterocycles. The summed E-state index contributed by atoms with van der Waals surface area (Å²) in [4.78, 5) is 12.1. The fourth-order valence-corrected chi connectivity index (χ4v) is 2.10. The number of anilines is 1. The van der Waals surface area contributed by atoms with Crippen LogP contribution in [0.3, 0.4) is 0 Å². The van der Waals surface area contributed by atoms with Crippen LogP contribution in [0.4, 0.5) is 10.1 Å². The first-order valence-corrected chi connectivity index (χ1v) is 7.19. The van der Waals surface area contributed by atoms with E-state index in [1.54, 1.807) is 31.4 Å². The molecule has 0 radical (unpaired) electrons. The smallest absolute Gasteiger partial charge is 0.313 e. The Kier molecular flexibility index (Phi) is 4.43. The van der Waals surface area contributed by atoms with Gasteiger partial charge in [0, 0.05) is 11.3 Å². The average Bonchev–Trinajstić information content (AvgIpc) is 3.08. The van der Waals surface area contributed by atoms with Crippen LogP contribution in [-0.2, 0) is 0 Å². The van der Waals surface area contributed by atoms with Crippen LogP contribution in [0.1, 0.15) is 10.7 Å². The topological polar surface area (TPSA) is 77.2 Å². The van der Waals surface area contributed by atoms with Gasteiger partial charge in [-0.05, 0) is 42.5 Å². The van der Waals surface area contributed by atoms with Crippen LogP contribution in [0.2, 0.25) is 5.02 Å². The minimum Gasteiger partial charge on any atom is -0.497 e. The molecule has 1 aromatic heterocycles. The van der Waals surface area contributed by atoms with Gasteiger partial charge in [0.1, 0.15) is 11.6 Å². The van der Waals surface area contributed by atoms with Gasteiger partial charge in [0.25, 0.3) is 0 Å². The number of rotatable bonds is 4. The summed E-state index contributed by atoms with van der Waals surface area (Å²) in [5, 5.41) is 9.94. The van der Waals surface area contributed by atoms with E-state index in [9.17, 15) is 9.18 Å². The molecule has 6 nitrogen and oxygen atoms in total. The van der Waals surface area contributed by atoms with Crippen molar-refractivity contribution in [2.24, 2.45) is 0 Å². The predicted octanol–water partition coefficient (Wildman–Crippen LogP) is 3.79. The Morgan fingerprint density at radius 1 is 1.21 bits per heavy atom. The molecule has 8 heteroatoms. The van der Waals surface area contributed by atoms with Crippen LogP contribution in [0.5, 0.6) is 5.75 Å². The van der Waals surface area contributed by atoms with E-state index >= 15 is 0 Å². The Balaban J connectivity index is 1.76. The molecule has 0 bridgehead atoms. The zero-order valence-corrected chi connectivity index (χ0v) is 13.2. The van der Waals surface area contributed by atoms with Gasteiger partial charge < -0.3 is 14.5 Å². The lowest BCUT2D eigenvalue weighted by atomic mass is 10.2. The van der Waals surface area contributed by atoms with E-state index in [1.807, 2.05) is 0 Å². The number of methoxy groups -OCH3 is 1. The molecule has 0 saturated carbocycles. The van der Waals surface area contributed by atoms with Crippen molar-refractivity contribution < 1.29 is 18.3 Å². The molecule has 1 amide bonds. The molecule has 1 N–H and O–H groups in total. The Labute approximate surface area is 141 Å². The summed E-state index contributed by atoms with van der Waals surface area (Å²) in [6.07, 6.45) is 0. The molecule has 0 aliphatic rings. The van der Waals surface area contributed by atoms with Crippen molar-refractivity contribution >= 4 is 23.2 Å². The summed E-state index contributed by atoms with van der Waals surface area (Å²) in [6, 6.07) is 10.7. The Bertz CT molecular complexity index is 881. The lowest BCUT2D eigenvalue weighted by molar-refractivity contribution is 0.0991. The van der Waals surface area contributed by atoms with Gasteiger partial charge in [0.2, 0.25) is 5.89 Å². The highest BCUT2D eigenvalue weighted by molar-refractivity contribution is 6.31. The molecular formula is C16H11ClFN3O3. The van der Waals surface area contributed by atoms with Crippen molar-refractivity contribution in [3.8, 4) is 17.2 Å². The maximum atomic E-state index is 13.1. The Hall–Kier alpha value is -2.93. The number of halogens is 2. The first-order chi connectivity index (χ1) is 11.6. The molecule has 2 aromatic carbocycles. The number of amides is 1. The lowest BCUT2D eigenvalue weighted by Crippen LogP contribution is -2.12. The highest BCUT2D eigenvalue weighted by atomic mass is 35.5. The summed E-state index contributed by atoms with van der Waals surface area (Å²) < 4.78 is 23.5. The van der Waals surface area contributed by atoms with Gasteiger partial charge in [-0.15, -0.1) is 10.2 Å². The predicted molar refractivity (Wildman–Crippen MR) is 85.6 cm³/mol. The van der Waals surface area contributed by atoms with Crippen molar-refractivity contribution in [3.05, 3.63) is 59.2 Å². The Morgan fingerprint density at radius 2 is 1.96 bits per heavy atom. The van der Waals surface area contributed by atoms with Crippen LogP contribution in [0.15, 0.2) is 46.9 Å². The van der Waals surface area contributed by atoms with Crippen molar-refractivity contribution in [3.63, 3.8) is 0 Å². The maximum absolute atomic E-state index is 13.1. The third-order valence-corrected chi connectivity index (χ3v) is 3.42. The van der Waals surface area contributed by atoms with Gasteiger partial charge in [0.05, 0.1) is 12.1 Å². The number of carbonyl (C=O) groups excluding carboxylic acids is 1. The van der Waals surface area contributed by atoms with Gasteiger partial charge in [-0.3, -0.25) is 4.79 Å². The first-order valence-electron chi connectivity index (χ1n) is 6.81. The normalized spacial score (nSPS) is 10.5. The quantitative estimate of drug-likeness (QED) is 0.777. The van der Waals surface area contributed by atoms with Crippen LogP contribution >= 0.6 is 11.6 Å². The van der Waals surface area contributed by atoms with E-state index in [0.29, 0.717) is 17.0 Å². The molecule has 122 valence electrons. The zero-order chi connectivity index (χ0) is 17.1. The SMILES string of the molecule is COc1ccc(-c2nnc(C(=O)Nc3ccc(F)c(Cl)c3)o2)cc1. The number of ether oxygens (including phenoxy) is 1. The van der Waals surface area contributed by atoms with E-state index in [2.05, 4.69) is 15.5 Å². The molecule has 0 unspecified atom stereocenters. The maximum Gasteiger partial charge on any atom is 0.313 e. The van der Waals surface area contributed by atoms with Gasteiger partial charge in [-0.1, -0.05) is 11.6 Å². The second kappa shape index (κ2) is 6.67. The molecule has 0 fully saturated rings. The third kappa shape index (κ3) is 3.36. The van der Waals surface area contributed by atoms with E-state index in [0.717, 1.165) is 6.07 Å². The summed E-state index contributed by atoms with van der Waals surface area (Å²) in [6.45, 7) is 0. The minimum atomic E-state index is -0.620. The lowest BCUT2D eigenvalue weighted by Gasteiger charge is -2.03. The minimum absolute atomic E-state index is 0.0998. The molecule has 0 aliphatic carbocycles.